The summed E-state index contributed by atoms with van der Waals surface area (Å²) >= 11 is 5.67. The first-order valence-electron chi connectivity index (χ1n) is 7.70. The zero-order chi connectivity index (χ0) is 20.2. The van der Waals surface area contributed by atoms with Gasteiger partial charge in [0.2, 0.25) is 15.9 Å². The predicted molar refractivity (Wildman–Crippen MR) is 103 cm³/mol. The summed E-state index contributed by atoms with van der Waals surface area (Å²) in [6.07, 6.45) is 2.68. The number of anilines is 1. The number of carbonyl (C=O) groups excluding carboxylic acids is 1. The summed E-state index contributed by atoms with van der Waals surface area (Å²) in [5.41, 5.74) is 0.824. The smallest absolute Gasteiger partial charge is 0.248 e. The van der Waals surface area contributed by atoms with Crippen LogP contribution in [0.25, 0.3) is 6.08 Å². The average molecular weight is 413 g/mol. The summed E-state index contributed by atoms with van der Waals surface area (Å²) in [7, 11) is 0.492. The van der Waals surface area contributed by atoms with E-state index in [1.807, 2.05) is 0 Å². The van der Waals surface area contributed by atoms with Crippen LogP contribution in [-0.2, 0) is 14.8 Å². The number of carbonyl (C=O) groups is 1. The highest BCUT2D eigenvalue weighted by atomic mass is 35.5. The highest BCUT2D eigenvalue weighted by molar-refractivity contribution is 7.89. The Bertz CT molecular complexity index is 991. The molecule has 0 unspecified atom stereocenters. The molecule has 144 valence electrons. The second-order valence-electron chi connectivity index (χ2n) is 5.65. The van der Waals surface area contributed by atoms with Crippen LogP contribution in [0.5, 0.6) is 5.75 Å². The van der Waals surface area contributed by atoms with Crippen molar-refractivity contribution in [2.45, 2.75) is 4.90 Å². The van der Waals surface area contributed by atoms with Gasteiger partial charge in [-0.05, 0) is 42.0 Å². The van der Waals surface area contributed by atoms with Crippen molar-refractivity contribution in [1.29, 1.82) is 0 Å². The van der Waals surface area contributed by atoms with Gasteiger partial charge in [0.15, 0.2) is 0 Å². The van der Waals surface area contributed by atoms with Crippen LogP contribution < -0.4 is 10.1 Å². The SMILES string of the molecule is COc1ccc(/C=C/C(=O)Nc2ccc(F)c(Cl)c2)cc1S(=O)(=O)N(C)C. The first-order valence-corrected chi connectivity index (χ1v) is 9.51. The van der Waals surface area contributed by atoms with Crippen molar-refractivity contribution >= 4 is 39.3 Å². The van der Waals surface area contributed by atoms with Gasteiger partial charge in [0.05, 0.1) is 12.1 Å². The summed E-state index contributed by atoms with van der Waals surface area (Å²) in [6.45, 7) is 0. The number of hydrogen-bond acceptors (Lipinski definition) is 4. The highest BCUT2D eigenvalue weighted by Gasteiger charge is 2.22. The molecule has 0 saturated carbocycles. The van der Waals surface area contributed by atoms with E-state index in [1.165, 1.54) is 57.6 Å². The molecule has 0 aliphatic rings. The topological polar surface area (TPSA) is 75.7 Å². The molecule has 0 radical (unpaired) electrons. The largest absolute Gasteiger partial charge is 0.495 e. The van der Waals surface area contributed by atoms with Crippen LogP contribution in [0.2, 0.25) is 5.02 Å². The Labute approximate surface area is 162 Å². The molecular weight excluding hydrogens is 395 g/mol. The summed E-state index contributed by atoms with van der Waals surface area (Å²) < 4.78 is 44.1. The minimum atomic E-state index is -3.71. The van der Waals surface area contributed by atoms with Crippen LogP contribution >= 0.6 is 11.6 Å². The number of nitrogens with one attached hydrogen (secondary N) is 1. The lowest BCUT2D eigenvalue weighted by atomic mass is 10.2. The van der Waals surface area contributed by atoms with E-state index >= 15 is 0 Å². The van der Waals surface area contributed by atoms with Crippen LogP contribution in [0.4, 0.5) is 10.1 Å². The van der Waals surface area contributed by atoms with E-state index in [4.69, 9.17) is 16.3 Å². The molecular formula is C18H18ClFN2O4S. The van der Waals surface area contributed by atoms with Gasteiger partial charge < -0.3 is 10.1 Å². The lowest BCUT2D eigenvalue weighted by molar-refractivity contribution is -0.111. The summed E-state index contributed by atoms with van der Waals surface area (Å²) in [5, 5.41) is 2.43. The van der Waals surface area contributed by atoms with E-state index in [-0.39, 0.29) is 15.7 Å². The van der Waals surface area contributed by atoms with Gasteiger partial charge in [-0.15, -0.1) is 0 Å². The van der Waals surface area contributed by atoms with Gasteiger partial charge in [-0.2, -0.15) is 0 Å². The Kier molecular flexibility index (Phi) is 6.59. The first-order chi connectivity index (χ1) is 12.6. The molecule has 1 N–H and O–H groups in total. The van der Waals surface area contributed by atoms with E-state index in [9.17, 15) is 17.6 Å². The maximum atomic E-state index is 13.1. The first kappa shape index (κ1) is 20.9. The molecule has 0 fully saturated rings. The monoisotopic (exact) mass is 412 g/mol. The van der Waals surface area contributed by atoms with Gasteiger partial charge in [-0.25, -0.2) is 17.1 Å². The minimum absolute atomic E-state index is 0.0112. The normalized spacial score (nSPS) is 11.8. The number of hydrogen-bond donors (Lipinski definition) is 1. The van der Waals surface area contributed by atoms with E-state index in [0.717, 1.165) is 10.4 Å². The predicted octanol–water partition coefficient (Wildman–Crippen LogP) is 3.39. The van der Waals surface area contributed by atoms with Crippen molar-refractivity contribution in [3.05, 3.63) is 58.9 Å². The van der Waals surface area contributed by atoms with E-state index in [0.29, 0.717) is 11.3 Å². The molecule has 0 atom stereocenters. The number of benzene rings is 2. The molecule has 9 heteroatoms. The van der Waals surface area contributed by atoms with E-state index < -0.39 is 21.7 Å². The van der Waals surface area contributed by atoms with Gasteiger partial charge in [0, 0.05) is 25.9 Å². The molecule has 0 aliphatic carbocycles. The molecule has 2 aromatic rings. The summed E-state index contributed by atoms with van der Waals surface area (Å²) in [6, 6.07) is 8.34. The highest BCUT2D eigenvalue weighted by Crippen LogP contribution is 2.27. The van der Waals surface area contributed by atoms with Crippen molar-refractivity contribution in [2.75, 3.05) is 26.5 Å². The number of amides is 1. The number of nitrogens with zero attached hydrogens (tertiary/aromatic N) is 1. The third kappa shape index (κ3) is 5.06. The van der Waals surface area contributed by atoms with E-state index in [2.05, 4.69) is 5.32 Å². The van der Waals surface area contributed by atoms with Gasteiger partial charge in [0.25, 0.3) is 0 Å². The standard InChI is InChI=1S/C18H18ClFN2O4S/c1-22(2)27(24,25)17-10-12(4-8-16(17)26-3)5-9-18(23)21-13-6-7-15(20)14(19)11-13/h4-11H,1-3H3,(H,21,23)/b9-5+. The molecule has 0 spiro atoms. The molecule has 0 aliphatic heterocycles. The Balaban J connectivity index is 2.23. The molecule has 1 amide bonds. The molecule has 6 nitrogen and oxygen atoms in total. The van der Waals surface area contributed by atoms with Crippen LogP contribution in [0.3, 0.4) is 0 Å². The maximum absolute atomic E-state index is 13.1. The molecule has 0 bridgehead atoms. The fourth-order valence-corrected chi connectivity index (χ4v) is 3.39. The van der Waals surface area contributed by atoms with Crippen LogP contribution in [-0.4, -0.2) is 39.8 Å². The third-order valence-corrected chi connectivity index (χ3v) is 5.69. The number of rotatable bonds is 6. The number of halogens is 2. The van der Waals surface area contributed by atoms with Crippen LogP contribution in [0.1, 0.15) is 5.56 Å². The summed E-state index contributed by atoms with van der Waals surface area (Å²) in [4.78, 5) is 12.0. The lowest BCUT2D eigenvalue weighted by Crippen LogP contribution is -2.22. The van der Waals surface area contributed by atoms with Crippen molar-refractivity contribution in [1.82, 2.24) is 4.31 Å². The Morgan fingerprint density at radius 2 is 1.93 bits per heavy atom. The molecule has 0 heterocycles. The van der Waals surface area contributed by atoms with Gasteiger partial charge in [-0.3, -0.25) is 4.79 Å². The van der Waals surface area contributed by atoms with Crippen LogP contribution in [0.15, 0.2) is 47.4 Å². The summed E-state index contributed by atoms with van der Waals surface area (Å²) in [5.74, 6) is -0.866. The Morgan fingerprint density at radius 1 is 1.22 bits per heavy atom. The minimum Gasteiger partial charge on any atom is -0.495 e. The van der Waals surface area contributed by atoms with Crippen molar-refractivity contribution in [3.8, 4) is 5.75 Å². The fourth-order valence-electron chi connectivity index (χ4n) is 2.12. The van der Waals surface area contributed by atoms with Crippen molar-refractivity contribution < 1.29 is 22.3 Å². The second kappa shape index (κ2) is 8.51. The number of ether oxygens (including phenoxy) is 1. The third-order valence-electron chi connectivity index (χ3n) is 3.56. The quantitative estimate of drug-likeness (QED) is 0.738. The molecule has 0 aromatic heterocycles. The van der Waals surface area contributed by atoms with Crippen LogP contribution in [0, 0.1) is 5.82 Å². The van der Waals surface area contributed by atoms with Gasteiger partial charge in [-0.1, -0.05) is 17.7 Å². The zero-order valence-electron chi connectivity index (χ0n) is 14.9. The molecule has 27 heavy (non-hydrogen) atoms. The van der Waals surface area contributed by atoms with Crippen molar-refractivity contribution in [2.24, 2.45) is 0 Å². The van der Waals surface area contributed by atoms with Gasteiger partial charge in [0.1, 0.15) is 16.5 Å². The molecule has 2 rings (SSSR count). The Morgan fingerprint density at radius 3 is 2.52 bits per heavy atom. The second-order valence-corrected chi connectivity index (χ2v) is 8.18. The molecule has 0 saturated heterocycles. The number of methoxy groups -OCH3 is 1. The fraction of sp³-hybridized carbons (Fsp3) is 0.167. The van der Waals surface area contributed by atoms with Crippen molar-refractivity contribution in [3.63, 3.8) is 0 Å². The lowest BCUT2D eigenvalue weighted by Gasteiger charge is -2.15. The Hall–Kier alpha value is -2.42. The number of sulfonamides is 1. The average Bonchev–Trinajstić information content (AvgIpc) is 2.62. The zero-order valence-corrected chi connectivity index (χ0v) is 16.4. The molecule has 2 aromatic carbocycles. The van der Waals surface area contributed by atoms with E-state index in [1.54, 1.807) is 6.07 Å². The maximum Gasteiger partial charge on any atom is 0.248 e. The van der Waals surface area contributed by atoms with Gasteiger partial charge >= 0.3 is 0 Å².